The quantitative estimate of drug-likeness (QED) is 0.760. The van der Waals surface area contributed by atoms with Gasteiger partial charge in [-0.3, -0.25) is 5.10 Å². The molecule has 1 aromatic heterocycles. The smallest absolute Gasteiger partial charge is 0.153 e. The molecule has 14 heavy (non-hydrogen) atoms. The lowest BCUT2D eigenvalue weighted by molar-refractivity contribution is 0.471. The second kappa shape index (κ2) is 3.35. The molecule has 0 aliphatic heterocycles. The summed E-state index contributed by atoms with van der Waals surface area (Å²) < 4.78 is 0. The number of rotatable bonds is 4. The standard InChI is InChI=1S/C10H18N4/c1-10(2,11)6-5-8-12-9(14-13-8)7-3-4-7/h7H,3-6,11H2,1-2H3,(H,12,13,14). The number of nitrogens with one attached hydrogen (secondary N) is 1. The Morgan fingerprint density at radius 2 is 2.21 bits per heavy atom. The zero-order valence-corrected chi connectivity index (χ0v) is 8.88. The largest absolute Gasteiger partial charge is 0.326 e. The molecule has 0 aromatic carbocycles. The van der Waals surface area contributed by atoms with Crippen molar-refractivity contribution in [2.75, 3.05) is 0 Å². The number of aromatic nitrogens is 3. The summed E-state index contributed by atoms with van der Waals surface area (Å²) in [4.78, 5) is 4.45. The molecule has 1 heterocycles. The van der Waals surface area contributed by atoms with E-state index in [9.17, 15) is 0 Å². The van der Waals surface area contributed by atoms with Gasteiger partial charge in [0.05, 0.1) is 0 Å². The Morgan fingerprint density at radius 1 is 1.50 bits per heavy atom. The van der Waals surface area contributed by atoms with E-state index >= 15 is 0 Å². The average molecular weight is 194 g/mol. The van der Waals surface area contributed by atoms with Crippen LogP contribution in [-0.4, -0.2) is 20.7 Å². The van der Waals surface area contributed by atoms with Crippen molar-refractivity contribution in [3.63, 3.8) is 0 Å². The van der Waals surface area contributed by atoms with Gasteiger partial charge in [-0.05, 0) is 33.1 Å². The van der Waals surface area contributed by atoms with Gasteiger partial charge in [0.2, 0.25) is 0 Å². The topological polar surface area (TPSA) is 67.6 Å². The van der Waals surface area contributed by atoms with E-state index in [1.165, 1.54) is 12.8 Å². The van der Waals surface area contributed by atoms with Gasteiger partial charge < -0.3 is 5.73 Å². The van der Waals surface area contributed by atoms with Crippen molar-refractivity contribution in [1.82, 2.24) is 15.2 Å². The van der Waals surface area contributed by atoms with Gasteiger partial charge in [-0.2, -0.15) is 5.10 Å². The van der Waals surface area contributed by atoms with Gasteiger partial charge in [0.15, 0.2) is 5.82 Å². The minimum atomic E-state index is -0.119. The lowest BCUT2D eigenvalue weighted by atomic mass is 10.0. The first-order valence-electron chi connectivity index (χ1n) is 5.25. The van der Waals surface area contributed by atoms with Crippen molar-refractivity contribution in [3.05, 3.63) is 11.6 Å². The zero-order chi connectivity index (χ0) is 10.2. The molecule has 0 radical (unpaired) electrons. The van der Waals surface area contributed by atoms with E-state index in [4.69, 9.17) is 5.73 Å². The second-order valence-electron chi connectivity index (χ2n) is 4.90. The van der Waals surface area contributed by atoms with Gasteiger partial charge >= 0.3 is 0 Å². The summed E-state index contributed by atoms with van der Waals surface area (Å²) in [6.45, 7) is 4.07. The van der Waals surface area contributed by atoms with Gasteiger partial charge in [0, 0.05) is 17.9 Å². The van der Waals surface area contributed by atoms with Crippen LogP contribution in [0.3, 0.4) is 0 Å². The van der Waals surface area contributed by atoms with Crippen LogP contribution in [0.1, 0.15) is 50.7 Å². The molecule has 4 nitrogen and oxygen atoms in total. The molecular formula is C10H18N4. The Bertz CT molecular complexity index is 306. The van der Waals surface area contributed by atoms with Crippen molar-refractivity contribution in [1.29, 1.82) is 0 Å². The SMILES string of the molecule is CC(C)(N)CCc1nc(C2CC2)n[nH]1. The molecule has 1 aliphatic carbocycles. The molecule has 0 atom stereocenters. The maximum Gasteiger partial charge on any atom is 0.153 e. The molecule has 78 valence electrons. The number of aryl methyl sites for hydroxylation is 1. The van der Waals surface area contributed by atoms with E-state index in [0.717, 1.165) is 24.5 Å². The zero-order valence-electron chi connectivity index (χ0n) is 8.88. The monoisotopic (exact) mass is 194 g/mol. The third-order valence-corrected chi connectivity index (χ3v) is 2.50. The molecule has 2 rings (SSSR count). The molecule has 0 unspecified atom stereocenters. The Labute approximate surface area is 84.3 Å². The second-order valence-corrected chi connectivity index (χ2v) is 4.90. The summed E-state index contributed by atoms with van der Waals surface area (Å²) in [5.41, 5.74) is 5.78. The number of nitrogens with two attached hydrogens (primary N) is 1. The molecule has 0 bridgehead atoms. The fourth-order valence-electron chi connectivity index (χ4n) is 1.39. The first-order chi connectivity index (χ1) is 6.54. The van der Waals surface area contributed by atoms with E-state index in [1.807, 2.05) is 13.8 Å². The predicted molar refractivity (Wildman–Crippen MR) is 54.9 cm³/mol. The highest BCUT2D eigenvalue weighted by molar-refractivity contribution is 5.05. The summed E-state index contributed by atoms with van der Waals surface area (Å²) in [5.74, 6) is 2.60. The Kier molecular flexibility index (Phi) is 2.31. The number of hydrogen-bond acceptors (Lipinski definition) is 3. The van der Waals surface area contributed by atoms with Crippen LogP contribution < -0.4 is 5.73 Å². The van der Waals surface area contributed by atoms with Crippen molar-refractivity contribution in [3.8, 4) is 0 Å². The van der Waals surface area contributed by atoms with Crippen LogP contribution in [0.5, 0.6) is 0 Å². The third-order valence-electron chi connectivity index (χ3n) is 2.50. The number of aromatic amines is 1. The van der Waals surface area contributed by atoms with E-state index in [0.29, 0.717) is 5.92 Å². The van der Waals surface area contributed by atoms with E-state index in [1.54, 1.807) is 0 Å². The van der Waals surface area contributed by atoms with Crippen LogP contribution in [0, 0.1) is 0 Å². The third kappa shape index (κ3) is 2.54. The van der Waals surface area contributed by atoms with Gasteiger partial charge in [0.25, 0.3) is 0 Å². The van der Waals surface area contributed by atoms with Crippen LogP contribution in [0.2, 0.25) is 0 Å². The summed E-state index contributed by atoms with van der Waals surface area (Å²) in [6, 6.07) is 0. The number of hydrogen-bond donors (Lipinski definition) is 2. The molecule has 1 fully saturated rings. The van der Waals surface area contributed by atoms with Crippen LogP contribution >= 0.6 is 0 Å². The molecule has 0 spiro atoms. The molecule has 0 saturated heterocycles. The Balaban J connectivity index is 1.90. The summed E-state index contributed by atoms with van der Waals surface area (Å²) >= 11 is 0. The summed E-state index contributed by atoms with van der Waals surface area (Å²) in [6.07, 6.45) is 4.33. The van der Waals surface area contributed by atoms with Gasteiger partial charge in [-0.15, -0.1) is 0 Å². The van der Waals surface area contributed by atoms with Gasteiger partial charge in [-0.1, -0.05) is 0 Å². The average Bonchev–Trinajstić information content (AvgIpc) is 2.81. The minimum Gasteiger partial charge on any atom is -0.326 e. The normalized spacial score (nSPS) is 17.4. The molecule has 0 amide bonds. The van der Waals surface area contributed by atoms with Crippen LogP contribution in [0.25, 0.3) is 0 Å². The van der Waals surface area contributed by atoms with Gasteiger partial charge in [0.1, 0.15) is 5.82 Å². The maximum atomic E-state index is 5.90. The molecular weight excluding hydrogens is 176 g/mol. The van der Waals surface area contributed by atoms with Gasteiger partial charge in [-0.25, -0.2) is 4.98 Å². The highest BCUT2D eigenvalue weighted by Crippen LogP contribution is 2.37. The molecule has 1 aromatic rings. The molecule has 3 N–H and O–H groups in total. The number of nitrogens with zero attached hydrogens (tertiary/aromatic N) is 2. The fraction of sp³-hybridized carbons (Fsp3) is 0.800. The van der Waals surface area contributed by atoms with Crippen molar-refractivity contribution in [2.45, 2.75) is 51.0 Å². The van der Waals surface area contributed by atoms with E-state index in [-0.39, 0.29) is 5.54 Å². The lowest BCUT2D eigenvalue weighted by Crippen LogP contribution is -2.32. The summed E-state index contributed by atoms with van der Waals surface area (Å²) in [5, 5.41) is 7.18. The van der Waals surface area contributed by atoms with Crippen LogP contribution in [-0.2, 0) is 6.42 Å². The van der Waals surface area contributed by atoms with E-state index < -0.39 is 0 Å². The van der Waals surface area contributed by atoms with Crippen molar-refractivity contribution in [2.24, 2.45) is 5.73 Å². The Hall–Kier alpha value is -0.900. The van der Waals surface area contributed by atoms with Crippen LogP contribution in [0.4, 0.5) is 0 Å². The molecule has 1 saturated carbocycles. The molecule has 1 aliphatic rings. The van der Waals surface area contributed by atoms with Crippen LogP contribution in [0.15, 0.2) is 0 Å². The summed E-state index contributed by atoms with van der Waals surface area (Å²) in [7, 11) is 0. The highest BCUT2D eigenvalue weighted by atomic mass is 15.2. The molecule has 4 heteroatoms. The van der Waals surface area contributed by atoms with Crippen molar-refractivity contribution < 1.29 is 0 Å². The lowest BCUT2D eigenvalue weighted by Gasteiger charge is -2.16. The first-order valence-corrected chi connectivity index (χ1v) is 5.25. The fourth-order valence-corrected chi connectivity index (χ4v) is 1.39. The number of H-pyrrole nitrogens is 1. The predicted octanol–water partition coefficient (Wildman–Crippen LogP) is 1.35. The highest BCUT2D eigenvalue weighted by Gasteiger charge is 2.27. The first kappa shape index (κ1) is 9.65. The Morgan fingerprint density at radius 3 is 2.79 bits per heavy atom. The minimum absolute atomic E-state index is 0.119. The maximum absolute atomic E-state index is 5.90. The van der Waals surface area contributed by atoms with E-state index in [2.05, 4.69) is 15.2 Å². The van der Waals surface area contributed by atoms with Crippen molar-refractivity contribution >= 4 is 0 Å².